The molecule has 0 fully saturated rings. The molecule has 23 heavy (non-hydrogen) atoms. The summed E-state index contributed by atoms with van der Waals surface area (Å²) in [5, 5.41) is 5.53. The summed E-state index contributed by atoms with van der Waals surface area (Å²) >= 11 is 8.87. The minimum absolute atomic E-state index is 0.257. The molecule has 0 aliphatic rings. The zero-order chi connectivity index (χ0) is 16.2. The molecule has 1 N–H and O–H groups in total. The largest absolute Gasteiger partial charge is 0.298 e. The number of rotatable bonds is 4. The average molecular weight is 362 g/mol. The topological polar surface area (TPSA) is 54.9 Å². The van der Waals surface area contributed by atoms with Crippen LogP contribution >= 0.6 is 34.7 Å². The highest BCUT2D eigenvalue weighted by molar-refractivity contribution is 7.98. The number of nitrogens with zero attached hydrogens (tertiary/aromatic N) is 2. The molecule has 0 spiro atoms. The zero-order valence-corrected chi connectivity index (χ0v) is 14.5. The molecule has 0 atom stereocenters. The summed E-state index contributed by atoms with van der Waals surface area (Å²) in [7, 11) is 0. The average Bonchev–Trinajstić information content (AvgIpc) is 3.03. The number of aromatic nitrogens is 2. The molecule has 1 aromatic carbocycles. The van der Waals surface area contributed by atoms with E-state index in [1.165, 1.54) is 28.5 Å². The van der Waals surface area contributed by atoms with Gasteiger partial charge in [-0.2, -0.15) is 0 Å². The normalized spacial score (nSPS) is 10.5. The molecule has 2 heterocycles. The van der Waals surface area contributed by atoms with E-state index in [-0.39, 0.29) is 11.1 Å². The van der Waals surface area contributed by atoms with Gasteiger partial charge in [-0.1, -0.05) is 23.7 Å². The molecule has 1 amide bonds. The highest BCUT2D eigenvalue weighted by Crippen LogP contribution is 2.27. The van der Waals surface area contributed by atoms with Crippen LogP contribution in [-0.2, 0) is 0 Å². The summed E-state index contributed by atoms with van der Waals surface area (Å²) in [5.74, 6) is -0.257. The number of thioether (sulfide) groups is 1. The van der Waals surface area contributed by atoms with Gasteiger partial charge in [0.1, 0.15) is 5.15 Å². The maximum atomic E-state index is 12.2. The summed E-state index contributed by atoms with van der Waals surface area (Å²) < 4.78 is 0. The smallest absolute Gasteiger partial charge is 0.257 e. The highest BCUT2D eigenvalue weighted by atomic mass is 35.5. The number of anilines is 1. The molecular formula is C16H12ClN3OS2. The number of carbonyl (C=O) groups excluding carboxylic acids is 1. The second-order valence-corrected chi connectivity index (χ2v) is 6.71. The number of carbonyl (C=O) groups is 1. The molecule has 116 valence electrons. The van der Waals surface area contributed by atoms with Gasteiger partial charge in [0.25, 0.3) is 5.91 Å². The van der Waals surface area contributed by atoms with Gasteiger partial charge in [-0.05, 0) is 30.5 Å². The lowest BCUT2D eigenvalue weighted by Gasteiger charge is -2.02. The first-order valence-electron chi connectivity index (χ1n) is 6.68. The number of halogens is 1. The third-order valence-electron chi connectivity index (χ3n) is 3.10. The van der Waals surface area contributed by atoms with Crippen molar-refractivity contribution >= 4 is 45.7 Å². The summed E-state index contributed by atoms with van der Waals surface area (Å²) in [5.41, 5.74) is 2.31. The molecule has 0 bridgehead atoms. The van der Waals surface area contributed by atoms with Crippen LogP contribution in [0.15, 0.2) is 52.9 Å². The molecule has 0 radical (unpaired) electrons. The number of hydrogen-bond acceptors (Lipinski definition) is 5. The number of hydrogen-bond donors (Lipinski definition) is 1. The lowest BCUT2D eigenvalue weighted by Crippen LogP contribution is -2.11. The van der Waals surface area contributed by atoms with Crippen LogP contribution in [-0.4, -0.2) is 22.1 Å². The van der Waals surface area contributed by atoms with E-state index in [1.807, 2.05) is 23.8 Å². The summed E-state index contributed by atoms with van der Waals surface area (Å²) in [6.07, 6.45) is 3.54. The van der Waals surface area contributed by atoms with E-state index in [2.05, 4.69) is 27.4 Å². The lowest BCUT2D eigenvalue weighted by molar-refractivity contribution is 0.102. The first-order chi connectivity index (χ1) is 11.2. The van der Waals surface area contributed by atoms with Gasteiger partial charge in [0.15, 0.2) is 5.13 Å². The van der Waals surface area contributed by atoms with Gasteiger partial charge in [-0.25, -0.2) is 9.97 Å². The van der Waals surface area contributed by atoms with E-state index < -0.39 is 0 Å². The predicted octanol–water partition coefficient (Wildman–Crippen LogP) is 4.83. The third-order valence-corrected chi connectivity index (χ3v) is 4.81. The lowest BCUT2D eigenvalue weighted by atomic mass is 10.2. The van der Waals surface area contributed by atoms with Crippen molar-refractivity contribution in [1.82, 2.24) is 9.97 Å². The first-order valence-corrected chi connectivity index (χ1v) is 9.17. The molecule has 3 aromatic rings. The van der Waals surface area contributed by atoms with Gasteiger partial charge < -0.3 is 0 Å². The van der Waals surface area contributed by atoms with Gasteiger partial charge in [0.2, 0.25) is 0 Å². The second kappa shape index (κ2) is 7.12. The van der Waals surface area contributed by atoms with Crippen molar-refractivity contribution in [3.63, 3.8) is 0 Å². The van der Waals surface area contributed by atoms with E-state index in [9.17, 15) is 4.79 Å². The van der Waals surface area contributed by atoms with Crippen molar-refractivity contribution < 1.29 is 4.79 Å². The van der Waals surface area contributed by atoms with Gasteiger partial charge in [-0.15, -0.1) is 23.1 Å². The quantitative estimate of drug-likeness (QED) is 0.534. The van der Waals surface area contributed by atoms with E-state index in [0.717, 1.165) is 11.3 Å². The fourth-order valence-corrected chi connectivity index (χ4v) is 3.24. The van der Waals surface area contributed by atoms with E-state index >= 15 is 0 Å². The Morgan fingerprint density at radius 2 is 2.04 bits per heavy atom. The van der Waals surface area contributed by atoms with Crippen molar-refractivity contribution in [2.24, 2.45) is 0 Å². The standard InChI is InChI=1S/C16H12ClN3OS2/c1-22-12-4-2-10(3-5-12)13-9-23-16(19-13)20-15(21)11-6-7-18-14(17)8-11/h2-9H,1H3,(H,19,20,21). The van der Waals surface area contributed by atoms with Crippen LogP contribution in [0.5, 0.6) is 0 Å². The number of pyridine rings is 1. The van der Waals surface area contributed by atoms with Crippen LogP contribution in [0.4, 0.5) is 5.13 Å². The Morgan fingerprint density at radius 3 is 2.74 bits per heavy atom. The van der Waals surface area contributed by atoms with Crippen molar-refractivity contribution in [3.05, 3.63) is 58.7 Å². The molecule has 0 saturated carbocycles. The van der Waals surface area contributed by atoms with E-state index in [4.69, 9.17) is 11.6 Å². The molecule has 0 aliphatic carbocycles. The third kappa shape index (κ3) is 3.90. The van der Waals surface area contributed by atoms with Crippen LogP contribution < -0.4 is 5.32 Å². The molecule has 0 saturated heterocycles. The Hall–Kier alpha value is -1.89. The molecular weight excluding hydrogens is 350 g/mol. The van der Waals surface area contributed by atoms with Gasteiger partial charge in [0, 0.05) is 27.6 Å². The predicted molar refractivity (Wildman–Crippen MR) is 96.5 cm³/mol. The molecule has 0 unspecified atom stereocenters. The molecule has 7 heteroatoms. The monoisotopic (exact) mass is 361 g/mol. The second-order valence-electron chi connectivity index (χ2n) is 4.59. The van der Waals surface area contributed by atoms with Crippen LogP contribution in [0.2, 0.25) is 5.15 Å². The number of thiazole rings is 1. The summed E-state index contributed by atoms with van der Waals surface area (Å²) in [6, 6.07) is 11.3. The van der Waals surface area contributed by atoms with E-state index in [0.29, 0.717) is 10.7 Å². The van der Waals surface area contributed by atoms with Crippen LogP contribution in [0.1, 0.15) is 10.4 Å². The molecule has 4 nitrogen and oxygen atoms in total. The van der Waals surface area contributed by atoms with Gasteiger partial charge in [-0.3, -0.25) is 10.1 Å². The maximum absolute atomic E-state index is 12.2. The van der Waals surface area contributed by atoms with Crippen LogP contribution in [0.3, 0.4) is 0 Å². The van der Waals surface area contributed by atoms with Crippen molar-refractivity contribution in [1.29, 1.82) is 0 Å². The Bertz CT molecular complexity index is 833. The fraction of sp³-hybridized carbons (Fsp3) is 0.0625. The highest BCUT2D eigenvalue weighted by Gasteiger charge is 2.10. The first kappa shape index (κ1) is 16.0. The van der Waals surface area contributed by atoms with Crippen LogP contribution in [0.25, 0.3) is 11.3 Å². The number of nitrogens with one attached hydrogen (secondary N) is 1. The summed E-state index contributed by atoms with van der Waals surface area (Å²) in [6.45, 7) is 0. The minimum atomic E-state index is -0.257. The van der Waals surface area contributed by atoms with Gasteiger partial charge >= 0.3 is 0 Å². The van der Waals surface area contributed by atoms with Gasteiger partial charge in [0.05, 0.1) is 5.69 Å². The Kier molecular flexibility index (Phi) is 4.95. The zero-order valence-electron chi connectivity index (χ0n) is 12.1. The van der Waals surface area contributed by atoms with Crippen molar-refractivity contribution in [2.45, 2.75) is 4.90 Å². The SMILES string of the molecule is CSc1ccc(-c2csc(NC(=O)c3ccnc(Cl)c3)n2)cc1. The Morgan fingerprint density at radius 1 is 1.26 bits per heavy atom. The Balaban J connectivity index is 1.75. The fourth-order valence-electron chi connectivity index (χ4n) is 1.94. The number of benzene rings is 1. The Labute approximate surface area is 146 Å². The van der Waals surface area contributed by atoms with Crippen LogP contribution in [0, 0.1) is 0 Å². The number of amides is 1. The minimum Gasteiger partial charge on any atom is -0.298 e. The molecule has 2 aromatic heterocycles. The van der Waals surface area contributed by atoms with Crippen molar-refractivity contribution in [3.8, 4) is 11.3 Å². The molecule has 3 rings (SSSR count). The maximum Gasteiger partial charge on any atom is 0.257 e. The summed E-state index contributed by atoms with van der Waals surface area (Å²) in [4.78, 5) is 21.7. The van der Waals surface area contributed by atoms with E-state index in [1.54, 1.807) is 17.8 Å². The van der Waals surface area contributed by atoms with Crippen molar-refractivity contribution in [2.75, 3.05) is 11.6 Å². The molecule has 0 aliphatic heterocycles.